The van der Waals surface area contributed by atoms with Gasteiger partial charge < -0.3 is 91.2 Å². The van der Waals surface area contributed by atoms with Crippen LogP contribution in [0.3, 0.4) is 0 Å². The molecule has 0 aliphatic rings. The zero-order valence-corrected chi connectivity index (χ0v) is 30.7. The molecule has 0 fully saturated rings. The van der Waals surface area contributed by atoms with Gasteiger partial charge in [-0.15, -0.1) is 0 Å². The Morgan fingerprint density at radius 1 is 0.258 bits per heavy atom. The number of aromatic hydroxyl groups is 17. The van der Waals surface area contributed by atoms with Gasteiger partial charge in [-0.3, -0.25) is 0 Å². The molecular weight excluding hydrogens is 816 g/mol. The molecule has 18 heteroatoms. The number of benzene rings is 9. The van der Waals surface area contributed by atoms with E-state index in [1.807, 2.05) is 30.3 Å². The Bertz CT molecular complexity index is 3690. The Morgan fingerprint density at radius 2 is 0.613 bits per heavy atom. The van der Waals surface area contributed by atoms with Crippen LogP contribution in [0.4, 0.5) is 0 Å². The molecule has 1 aromatic heterocycles. The molecule has 10 aromatic rings. The lowest BCUT2D eigenvalue weighted by Gasteiger charge is -2.25. The van der Waals surface area contributed by atoms with Crippen LogP contribution in [0.15, 0.2) is 59.0 Å². The molecule has 0 spiro atoms. The fourth-order valence-corrected chi connectivity index (χ4v) is 8.62. The molecule has 62 heavy (non-hydrogen) atoms. The minimum Gasteiger partial charge on any atom is -0.506 e. The highest BCUT2D eigenvalue weighted by Gasteiger charge is 2.38. The second-order valence-electron chi connectivity index (χ2n) is 14.6. The van der Waals surface area contributed by atoms with E-state index < -0.39 is 158 Å². The summed E-state index contributed by atoms with van der Waals surface area (Å²) in [4.78, 5) is 0. The molecule has 0 aliphatic heterocycles. The van der Waals surface area contributed by atoms with Gasteiger partial charge in [-0.2, -0.15) is 0 Å². The molecular formula is C44H26O18. The first-order valence-electron chi connectivity index (χ1n) is 17.9. The lowest BCUT2D eigenvalue weighted by atomic mass is 9.80. The van der Waals surface area contributed by atoms with E-state index >= 15 is 0 Å². The maximum atomic E-state index is 12.2. The van der Waals surface area contributed by atoms with E-state index in [1.54, 1.807) is 6.07 Å². The van der Waals surface area contributed by atoms with Gasteiger partial charge in [-0.05, 0) is 40.6 Å². The average Bonchev–Trinajstić information content (AvgIpc) is 3.62. The minimum absolute atomic E-state index is 0.0481. The van der Waals surface area contributed by atoms with E-state index in [0.29, 0.717) is 21.9 Å². The fraction of sp³-hybridized carbons (Fsp3) is 0. The van der Waals surface area contributed by atoms with Crippen molar-refractivity contribution in [3.63, 3.8) is 0 Å². The van der Waals surface area contributed by atoms with Crippen LogP contribution in [0, 0.1) is 0 Å². The number of fused-ring (bicyclic) bond motifs is 9. The summed E-state index contributed by atoms with van der Waals surface area (Å²) in [5.74, 6) is -24.1. The number of hydrogen-bond acceptors (Lipinski definition) is 18. The molecule has 0 radical (unpaired) electrons. The SMILES string of the molecule is Oc1c(O)c(O)c2c(-c3c(O)c4c(O)c(O)c(O)c(O)c4c4c(O)c(O)c(O)c(O)c34)c3c(O)c(O)c(O)c(O)c3c(-c3ccc4oc5cc6ccccc6cc5c4c3)c2c1O. The van der Waals surface area contributed by atoms with E-state index in [9.17, 15) is 86.8 Å². The molecule has 1 heterocycles. The lowest BCUT2D eigenvalue weighted by molar-refractivity contribution is 0.348. The number of rotatable bonds is 2. The maximum Gasteiger partial charge on any atom is 0.205 e. The number of furan rings is 1. The van der Waals surface area contributed by atoms with Crippen molar-refractivity contribution in [1.82, 2.24) is 0 Å². The summed E-state index contributed by atoms with van der Waals surface area (Å²) in [6, 6.07) is 15.2. The Hall–Kier alpha value is -9.32. The van der Waals surface area contributed by atoms with E-state index in [4.69, 9.17) is 4.42 Å². The van der Waals surface area contributed by atoms with Crippen molar-refractivity contribution in [2.24, 2.45) is 0 Å². The average molecular weight is 843 g/mol. The highest BCUT2D eigenvalue weighted by molar-refractivity contribution is 6.35. The smallest absolute Gasteiger partial charge is 0.205 e. The summed E-state index contributed by atoms with van der Waals surface area (Å²) in [5.41, 5.74) is -1.90. The summed E-state index contributed by atoms with van der Waals surface area (Å²) in [5, 5.41) is 186. The highest BCUT2D eigenvalue weighted by Crippen LogP contribution is 2.67. The van der Waals surface area contributed by atoms with Gasteiger partial charge in [0.05, 0.1) is 5.39 Å². The predicted molar refractivity (Wildman–Crippen MR) is 220 cm³/mol. The topological polar surface area (TPSA) is 357 Å². The summed E-state index contributed by atoms with van der Waals surface area (Å²) >= 11 is 0. The van der Waals surface area contributed by atoms with Gasteiger partial charge in [0.15, 0.2) is 46.0 Å². The van der Waals surface area contributed by atoms with Gasteiger partial charge in [-0.25, -0.2) is 0 Å². The molecule has 10 rings (SSSR count). The van der Waals surface area contributed by atoms with Crippen molar-refractivity contribution >= 4 is 75.8 Å². The van der Waals surface area contributed by atoms with Crippen molar-refractivity contribution in [2.75, 3.05) is 0 Å². The van der Waals surface area contributed by atoms with Crippen molar-refractivity contribution in [1.29, 1.82) is 0 Å². The minimum atomic E-state index is -1.51. The summed E-state index contributed by atoms with van der Waals surface area (Å²) in [6.07, 6.45) is 0. The first kappa shape index (κ1) is 37.0. The molecule has 0 aliphatic carbocycles. The van der Waals surface area contributed by atoms with Gasteiger partial charge >= 0.3 is 0 Å². The van der Waals surface area contributed by atoms with Crippen LogP contribution >= 0.6 is 0 Å². The standard InChI is InChI=1S/C44H26O18/c45-28-21(24-25(34(51)42(59)41(58)33(24)50)26-27(28)36(53)44(61)43(60)35(26)52)18-22-19(29(46)37(54)39(56)31(22)48)17(20-23(18)32(49)40(57)38(55)30(20)47)12-5-6-15-13(8-12)14-7-10-3-1-2-4-11(10)9-16(14)62-15/h1-9,45-61H. The third-order valence-corrected chi connectivity index (χ3v) is 11.4. The zero-order valence-electron chi connectivity index (χ0n) is 30.7. The Kier molecular flexibility index (Phi) is 7.09. The molecule has 0 atom stereocenters. The van der Waals surface area contributed by atoms with Gasteiger partial charge in [0.1, 0.15) is 16.9 Å². The second-order valence-corrected chi connectivity index (χ2v) is 14.6. The Balaban J connectivity index is 1.52. The normalized spacial score (nSPS) is 12.0. The summed E-state index contributed by atoms with van der Waals surface area (Å²) in [7, 11) is 0. The number of hydrogen-bond donors (Lipinski definition) is 17. The van der Waals surface area contributed by atoms with Crippen LogP contribution in [0.1, 0.15) is 0 Å². The van der Waals surface area contributed by atoms with Gasteiger partial charge in [0, 0.05) is 65.2 Å². The summed E-state index contributed by atoms with van der Waals surface area (Å²) in [6.45, 7) is 0. The summed E-state index contributed by atoms with van der Waals surface area (Å²) < 4.78 is 6.11. The molecule has 310 valence electrons. The molecule has 9 aromatic carbocycles. The monoisotopic (exact) mass is 842 g/mol. The molecule has 0 saturated heterocycles. The second kappa shape index (κ2) is 11.9. The zero-order chi connectivity index (χ0) is 44.3. The fourth-order valence-electron chi connectivity index (χ4n) is 8.62. The first-order chi connectivity index (χ1) is 29.4. The van der Waals surface area contributed by atoms with Crippen LogP contribution in [0.2, 0.25) is 0 Å². The predicted octanol–water partition coefficient (Wildman–Crippen LogP) is 7.68. The first-order valence-corrected chi connectivity index (χ1v) is 17.9. The van der Waals surface area contributed by atoms with Gasteiger partial charge in [0.25, 0.3) is 0 Å². The molecule has 0 bridgehead atoms. The third kappa shape index (κ3) is 4.29. The van der Waals surface area contributed by atoms with E-state index in [2.05, 4.69) is 0 Å². The highest BCUT2D eigenvalue weighted by atomic mass is 16.4. The quantitative estimate of drug-likeness (QED) is 0.0343. The molecule has 18 nitrogen and oxygen atoms in total. The Morgan fingerprint density at radius 3 is 1.08 bits per heavy atom. The largest absolute Gasteiger partial charge is 0.506 e. The molecule has 0 unspecified atom stereocenters. The van der Waals surface area contributed by atoms with Crippen LogP contribution < -0.4 is 0 Å². The molecule has 0 saturated carbocycles. The maximum absolute atomic E-state index is 12.2. The molecule has 17 N–H and O–H groups in total. The Labute approximate surface area is 341 Å². The van der Waals surface area contributed by atoms with Gasteiger partial charge in [0.2, 0.25) is 46.0 Å². The van der Waals surface area contributed by atoms with E-state index in [0.717, 1.165) is 10.8 Å². The van der Waals surface area contributed by atoms with Crippen LogP contribution in [0.25, 0.3) is 98.1 Å². The number of phenols is 17. The van der Waals surface area contributed by atoms with E-state index in [-0.39, 0.29) is 5.56 Å². The van der Waals surface area contributed by atoms with Crippen molar-refractivity contribution in [3.05, 3.63) is 54.6 Å². The van der Waals surface area contributed by atoms with Crippen molar-refractivity contribution in [2.45, 2.75) is 0 Å². The van der Waals surface area contributed by atoms with Crippen LogP contribution in [-0.4, -0.2) is 86.8 Å². The van der Waals surface area contributed by atoms with Crippen molar-refractivity contribution in [3.8, 4) is 120 Å². The van der Waals surface area contributed by atoms with Crippen LogP contribution in [0.5, 0.6) is 97.7 Å². The van der Waals surface area contributed by atoms with Gasteiger partial charge in [-0.1, -0.05) is 30.3 Å². The third-order valence-electron chi connectivity index (χ3n) is 11.4. The number of phenolic OH excluding ortho intramolecular Hbond substituents is 17. The van der Waals surface area contributed by atoms with Crippen LogP contribution in [-0.2, 0) is 0 Å². The van der Waals surface area contributed by atoms with E-state index in [1.165, 1.54) is 18.2 Å². The van der Waals surface area contributed by atoms with Crippen molar-refractivity contribution < 1.29 is 91.2 Å². The molecule has 0 amide bonds. The lowest BCUT2D eigenvalue weighted by Crippen LogP contribution is -1.97.